The topological polar surface area (TPSA) is 40.5 Å². The molecule has 168 valence electrons. The van der Waals surface area contributed by atoms with Crippen LogP contribution in [0.2, 0.25) is 0 Å². The minimum absolute atomic E-state index is 0.0332. The van der Waals surface area contributed by atoms with Gasteiger partial charge in [-0.05, 0) is 38.5 Å². The van der Waals surface area contributed by atoms with Crippen molar-refractivity contribution in [1.82, 2.24) is 0 Å². The van der Waals surface area contributed by atoms with E-state index in [2.05, 4.69) is 19.1 Å². The third-order valence-electron chi connectivity index (χ3n) is 5.89. The lowest BCUT2D eigenvalue weighted by atomic mass is 10.1. The van der Waals surface area contributed by atoms with Crippen LogP contribution in [0.15, 0.2) is 12.2 Å². The van der Waals surface area contributed by atoms with Gasteiger partial charge in [0.25, 0.3) is 0 Å². The maximum absolute atomic E-state index is 9.25. The van der Waals surface area contributed by atoms with Crippen LogP contribution in [0, 0.1) is 0 Å². The van der Waals surface area contributed by atoms with E-state index in [0.717, 1.165) is 13.0 Å². The van der Waals surface area contributed by atoms with Crippen molar-refractivity contribution in [3.8, 4) is 0 Å². The van der Waals surface area contributed by atoms with Gasteiger partial charge in [-0.15, -0.1) is 0 Å². The summed E-state index contributed by atoms with van der Waals surface area (Å²) >= 11 is 0. The first-order valence-corrected chi connectivity index (χ1v) is 12.4. The number of aliphatic hydroxyl groups is 2. The quantitative estimate of drug-likeness (QED) is 0.0898. The number of rotatable bonds is 22. The Morgan fingerprint density at radius 2 is 0.893 bits per heavy atom. The number of aliphatic hydroxyl groups excluding tert-OH is 2. The van der Waals surface area contributed by atoms with Crippen molar-refractivity contribution in [2.45, 2.75) is 122 Å². The number of hydrogen-bond acceptors (Lipinski definition) is 2. The highest BCUT2D eigenvalue weighted by Gasteiger charge is 2.17. The lowest BCUT2D eigenvalue weighted by molar-refractivity contribution is -0.944. The summed E-state index contributed by atoms with van der Waals surface area (Å²) in [4.78, 5) is 0. The van der Waals surface area contributed by atoms with Crippen LogP contribution in [-0.4, -0.2) is 41.8 Å². The van der Waals surface area contributed by atoms with Gasteiger partial charge in [0, 0.05) is 0 Å². The highest BCUT2D eigenvalue weighted by Crippen LogP contribution is 2.13. The molecule has 0 aliphatic heterocycles. The van der Waals surface area contributed by atoms with Crippen molar-refractivity contribution in [3.05, 3.63) is 12.2 Å². The van der Waals surface area contributed by atoms with Crippen molar-refractivity contribution in [2.75, 3.05) is 27.1 Å². The molecular formula is C25H52NO2+. The standard InChI is InChI=1S/C25H52NO2/c1-3-4-5-6-7-8-9-10-11-12-13-14-15-16-17-18-19-20-21-22-23-26(2,24-27)25-28/h10-11,27-28H,3-9,12-25H2,1-2H3/q+1/b11-10-. The lowest BCUT2D eigenvalue weighted by Crippen LogP contribution is -2.46. The summed E-state index contributed by atoms with van der Waals surface area (Å²) in [5.41, 5.74) is 0. The van der Waals surface area contributed by atoms with E-state index < -0.39 is 0 Å². The highest BCUT2D eigenvalue weighted by atomic mass is 16.3. The van der Waals surface area contributed by atoms with Crippen molar-refractivity contribution in [3.63, 3.8) is 0 Å². The van der Waals surface area contributed by atoms with E-state index in [-0.39, 0.29) is 13.5 Å². The zero-order valence-electron chi connectivity index (χ0n) is 19.3. The molecule has 28 heavy (non-hydrogen) atoms. The van der Waals surface area contributed by atoms with Gasteiger partial charge < -0.3 is 10.2 Å². The Morgan fingerprint density at radius 1 is 0.536 bits per heavy atom. The van der Waals surface area contributed by atoms with Crippen LogP contribution in [-0.2, 0) is 0 Å². The van der Waals surface area contributed by atoms with Gasteiger partial charge in [-0.1, -0.05) is 96.1 Å². The summed E-state index contributed by atoms with van der Waals surface area (Å²) in [6.07, 6.45) is 29.0. The summed E-state index contributed by atoms with van der Waals surface area (Å²) in [6, 6.07) is 0. The molecule has 0 bridgehead atoms. The first kappa shape index (κ1) is 27.6. The summed E-state index contributed by atoms with van der Waals surface area (Å²) in [6.45, 7) is 3.22. The molecule has 3 nitrogen and oxygen atoms in total. The SMILES string of the molecule is CCCCCCCC/C=C\CCCCCCCCCCCC[N+](C)(CO)CO. The van der Waals surface area contributed by atoms with Gasteiger partial charge in [0.05, 0.1) is 13.6 Å². The number of nitrogens with zero attached hydrogens (tertiary/aromatic N) is 1. The fraction of sp³-hybridized carbons (Fsp3) is 0.920. The first-order valence-electron chi connectivity index (χ1n) is 12.4. The summed E-state index contributed by atoms with van der Waals surface area (Å²) in [5.74, 6) is 0. The molecule has 0 radical (unpaired) electrons. The summed E-state index contributed by atoms with van der Waals surface area (Å²) < 4.78 is 0.369. The summed E-state index contributed by atoms with van der Waals surface area (Å²) in [5, 5.41) is 18.5. The van der Waals surface area contributed by atoms with E-state index in [1.807, 2.05) is 7.05 Å². The predicted octanol–water partition coefficient (Wildman–Crippen LogP) is 6.93. The minimum atomic E-state index is 0.0332. The van der Waals surface area contributed by atoms with Crippen LogP contribution in [0.4, 0.5) is 0 Å². The van der Waals surface area contributed by atoms with Crippen LogP contribution >= 0.6 is 0 Å². The van der Waals surface area contributed by atoms with E-state index in [1.165, 1.54) is 109 Å². The van der Waals surface area contributed by atoms with E-state index in [9.17, 15) is 10.2 Å². The molecule has 0 fully saturated rings. The smallest absolute Gasteiger partial charge is 0.181 e. The summed E-state index contributed by atoms with van der Waals surface area (Å²) in [7, 11) is 1.91. The Balaban J connectivity index is 3.18. The normalized spacial score (nSPS) is 12.3. The maximum Gasteiger partial charge on any atom is 0.181 e. The van der Waals surface area contributed by atoms with E-state index in [1.54, 1.807) is 0 Å². The Bertz CT molecular complexity index is 327. The van der Waals surface area contributed by atoms with Crippen molar-refractivity contribution >= 4 is 0 Å². The molecule has 0 saturated heterocycles. The maximum atomic E-state index is 9.25. The molecule has 0 aromatic rings. The molecule has 0 rings (SSSR count). The first-order chi connectivity index (χ1) is 13.7. The molecule has 0 amide bonds. The largest absolute Gasteiger partial charge is 0.347 e. The Morgan fingerprint density at radius 3 is 1.29 bits per heavy atom. The second-order valence-electron chi connectivity index (χ2n) is 8.98. The van der Waals surface area contributed by atoms with Crippen molar-refractivity contribution < 1.29 is 14.7 Å². The fourth-order valence-corrected chi connectivity index (χ4v) is 3.63. The number of hydrogen-bond donors (Lipinski definition) is 2. The molecule has 0 aromatic carbocycles. The van der Waals surface area contributed by atoms with Gasteiger partial charge in [-0.25, -0.2) is 0 Å². The Labute approximate surface area is 176 Å². The molecule has 0 spiro atoms. The molecule has 0 saturated carbocycles. The van der Waals surface area contributed by atoms with Crippen LogP contribution in [0.25, 0.3) is 0 Å². The van der Waals surface area contributed by atoms with E-state index in [0.29, 0.717) is 4.48 Å². The van der Waals surface area contributed by atoms with Gasteiger partial charge >= 0.3 is 0 Å². The minimum Gasteiger partial charge on any atom is -0.347 e. The van der Waals surface area contributed by atoms with Gasteiger partial charge in [0.15, 0.2) is 13.5 Å². The average Bonchev–Trinajstić information content (AvgIpc) is 2.72. The lowest BCUT2D eigenvalue weighted by Gasteiger charge is -2.29. The molecule has 0 atom stereocenters. The zero-order valence-corrected chi connectivity index (χ0v) is 19.3. The molecule has 0 unspecified atom stereocenters. The van der Waals surface area contributed by atoms with Crippen LogP contribution in [0.5, 0.6) is 0 Å². The number of quaternary nitrogens is 1. The Kier molecular flexibility index (Phi) is 21.0. The van der Waals surface area contributed by atoms with Gasteiger partial charge in [0.1, 0.15) is 0 Å². The molecule has 3 heteroatoms. The average molecular weight is 399 g/mol. The predicted molar refractivity (Wildman–Crippen MR) is 123 cm³/mol. The second kappa shape index (κ2) is 21.3. The molecular weight excluding hydrogens is 346 g/mol. The van der Waals surface area contributed by atoms with Crippen molar-refractivity contribution in [2.24, 2.45) is 0 Å². The van der Waals surface area contributed by atoms with Gasteiger partial charge in [0.2, 0.25) is 0 Å². The molecule has 0 aliphatic rings. The van der Waals surface area contributed by atoms with Gasteiger partial charge in [-0.3, -0.25) is 4.48 Å². The van der Waals surface area contributed by atoms with E-state index >= 15 is 0 Å². The monoisotopic (exact) mass is 398 g/mol. The van der Waals surface area contributed by atoms with E-state index in [4.69, 9.17) is 0 Å². The molecule has 0 aliphatic carbocycles. The second-order valence-corrected chi connectivity index (χ2v) is 8.98. The van der Waals surface area contributed by atoms with Crippen LogP contribution < -0.4 is 0 Å². The third kappa shape index (κ3) is 19.0. The Hall–Kier alpha value is -0.380. The number of unbranched alkanes of at least 4 members (excludes halogenated alkanes) is 16. The third-order valence-corrected chi connectivity index (χ3v) is 5.89. The van der Waals surface area contributed by atoms with Gasteiger partial charge in [-0.2, -0.15) is 0 Å². The van der Waals surface area contributed by atoms with Crippen LogP contribution in [0.1, 0.15) is 122 Å². The number of allylic oxidation sites excluding steroid dienone is 2. The van der Waals surface area contributed by atoms with Crippen LogP contribution in [0.3, 0.4) is 0 Å². The zero-order chi connectivity index (χ0) is 20.8. The molecule has 0 heterocycles. The van der Waals surface area contributed by atoms with Crippen molar-refractivity contribution in [1.29, 1.82) is 0 Å². The molecule has 0 aromatic heterocycles. The highest BCUT2D eigenvalue weighted by molar-refractivity contribution is 4.81. The molecule has 2 N–H and O–H groups in total. The fourth-order valence-electron chi connectivity index (χ4n) is 3.63.